The number of rotatable bonds is 5. The van der Waals surface area contributed by atoms with Crippen molar-refractivity contribution in [1.29, 1.82) is 0 Å². The largest absolute Gasteiger partial charge is 0.481 e. The first-order valence-corrected chi connectivity index (χ1v) is 7.53. The van der Waals surface area contributed by atoms with Crippen molar-refractivity contribution in [1.82, 2.24) is 4.98 Å². The van der Waals surface area contributed by atoms with Crippen LogP contribution in [-0.2, 0) is 6.42 Å². The van der Waals surface area contributed by atoms with E-state index in [1.807, 2.05) is 12.1 Å². The van der Waals surface area contributed by atoms with Crippen molar-refractivity contribution in [3.8, 4) is 5.88 Å². The number of benzene rings is 1. The lowest BCUT2D eigenvalue weighted by atomic mass is 9.80. The molecule has 1 atom stereocenters. The lowest BCUT2D eigenvalue weighted by Gasteiger charge is -2.26. The average molecular weight is 283 g/mol. The van der Waals surface area contributed by atoms with Gasteiger partial charge in [-0.3, -0.25) is 0 Å². The molecule has 21 heavy (non-hydrogen) atoms. The minimum atomic E-state index is -0.490. The molecule has 0 amide bonds. The van der Waals surface area contributed by atoms with E-state index in [1.165, 1.54) is 24.8 Å². The molecule has 110 valence electrons. The van der Waals surface area contributed by atoms with Crippen molar-refractivity contribution in [2.45, 2.75) is 37.7 Å². The molecule has 1 fully saturated rings. The van der Waals surface area contributed by atoms with Crippen LogP contribution in [0.5, 0.6) is 5.88 Å². The van der Waals surface area contributed by atoms with Crippen LogP contribution in [-0.4, -0.2) is 17.2 Å². The van der Waals surface area contributed by atoms with Crippen LogP contribution >= 0.6 is 0 Å². The van der Waals surface area contributed by atoms with Crippen molar-refractivity contribution in [2.75, 3.05) is 7.11 Å². The van der Waals surface area contributed by atoms with E-state index in [4.69, 9.17) is 4.74 Å². The third kappa shape index (κ3) is 3.24. The summed E-state index contributed by atoms with van der Waals surface area (Å²) in [6.45, 7) is 0. The Morgan fingerprint density at radius 1 is 1.19 bits per heavy atom. The second-order valence-corrected chi connectivity index (χ2v) is 5.72. The van der Waals surface area contributed by atoms with Gasteiger partial charge in [0.1, 0.15) is 0 Å². The van der Waals surface area contributed by atoms with Crippen molar-refractivity contribution < 1.29 is 9.84 Å². The molecule has 0 radical (unpaired) electrons. The van der Waals surface area contributed by atoms with E-state index >= 15 is 0 Å². The minimum Gasteiger partial charge on any atom is -0.481 e. The monoisotopic (exact) mass is 283 g/mol. The lowest BCUT2D eigenvalue weighted by Crippen LogP contribution is -2.09. The second kappa shape index (κ2) is 6.27. The Bertz CT molecular complexity index is 573. The molecule has 0 saturated heterocycles. The highest BCUT2D eigenvalue weighted by atomic mass is 16.5. The fourth-order valence-corrected chi connectivity index (χ4v) is 2.73. The predicted molar refractivity (Wildman–Crippen MR) is 82.5 cm³/mol. The first kappa shape index (κ1) is 14.1. The number of aromatic nitrogens is 1. The highest BCUT2D eigenvalue weighted by Gasteiger charge is 2.19. The van der Waals surface area contributed by atoms with E-state index in [2.05, 4.69) is 29.2 Å². The van der Waals surface area contributed by atoms with Crippen LogP contribution in [0.4, 0.5) is 0 Å². The minimum absolute atomic E-state index is 0.490. The Morgan fingerprint density at radius 3 is 2.48 bits per heavy atom. The van der Waals surface area contributed by atoms with Crippen molar-refractivity contribution >= 4 is 0 Å². The number of ether oxygens (including phenoxy) is 1. The van der Waals surface area contributed by atoms with Crippen LogP contribution in [0.2, 0.25) is 0 Å². The molecule has 1 heterocycles. The van der Waals surface area contributed by atoms with E-state index in [1.54, 1.807) is 13.3 Å². The number of aliphatic hydroxyl groups excluding tert-OH is 1. The molecule has 1 aromatic carbocycles. The molecule has 0 aliphatic heterocycles. The molecule has 1 saturated carbocycles. The Labute approximate surface area is 125 Å². The first-order valence-electron chi connectivity index (χ1n) is 7.53. The Kier molecular flexibility index (Phi) is 4.20. The van der Waals surface area contributed by atoms with Crippen molar-refractivity contribution in [2.24, 2.45) is 0 Å². The van der Waals surface area contributed by atoms with Gasteiger partial charge < -0.3 is 9.84 Å². The van der Waals surface area contributed by atoms with Crippen LogP contribution < -0.4 is 4.74 Å². The van der Waals surface area contributed by atoms with Crippen LogP contribution in [0.15, 0.2) is 42.6 Å². The summed E-state index contributed by atoms with van der Waals surface area (Å²) in [5, 5.41) is 10.3. The maximum Gasteiger partial charge on any atom is 0.212 e. The van der Waals surface area contributed by atoms with Gasteiger partial charge in [-0.1, -0.05) is 36.8 Å². The summed E-state index contributed by atoms with van der Waals surface area (Å²) in [6, 6.07) is 12.2. The van der Waals surface area contributed by atoms with Gasteiger partial charge in [0, 0.05) is 18.7 Å². The molecule has 1 unspecified atom stereocenters. The zero-order chi connectivity index (χ0) is 14.7. The quantitative estimate of drug-likeness (QED) is 0.911. The average Bonchev–Trinajstić information content (AvgIpc) is 2.47. The van der Waals surface area contributed by atoms with E-state index in [9.17, 15) is 5.11 Å². The third-order valence-electron chi connectivity index (χ3n) is 4.33. The number of hydrogen-bond donors (Lipinski definition) is 1. The van der Waals surface area contributed by atoms with E-state index < -0.39 is 6.10 Å². The molecule has 1 N–H and O–H groups in total. The first-order chi connectivity index (χ1) is 10.3. The lowest BCUT2D eigenvalue weighted by molar-refractivity contribution is 0.178. The number of pyridine rings is 1. The standard InChI is InChI=1S/C18H21NO2/c1-21-18-10-5-13(12-19-18)11-17(20)16-8-6-15(7-9-16)14-3-2-4-14/h5-10,12,14,17,20H,2-4,11H2,1H3. The van der Waals surface area contributed by atoms with Gasteiger partial charge >= 0.3 is 0 Å². The molecule has 0 bridgehead atoms. The normalized spacial score (nSPS) is 16.3. The Morgan fingerprint density at radius 2 is 1.95 bits per heavy atom. The van der Waals surface area contributed by atoms with Gasteiger partial charge in [0.15, 0.2) is 0 Å². The molecular weight excluding hydrogens is 262 g/mol. The maximum atomic E-state index is 10.3. The number of methoxy groups -OCH3 is 1. The zero-order valence-electron chi connectivity index (χ0n) is 12.3. The van der Waals surface area contributed by atoms with Gasteiger partial charge in [-0.05, 0) is 35.4 Å². The molecule has 1 aliphatic rings. The summed E-state index contributed by atoms with van der Waals surface area (Å²) < 4.78 is 5.04. The second-order valence-electron chi connectivity index (χ2n) is 5.72. The van der Waals surface area contributed by atoms with Crippen LogP contribution in [0.3, 0.4) is 0 Å². The molecule has 3 nitrogen and oxygen atoms in total. The molecule has 2 aromatic rings. The smallest absolute Gasteiger partial charge is 0.212 e. The van der Waals surface area contributed by atoms with Gasteiger partial charge in [0.2, 0.25) is 5.88 Å². The zero-order valence-corrected chi connectivity index (χ0v) is 12.3. The summed E-state index contributed by atoms with van der Waals surface area (Å²) >= 11 is 0. The number of nitrogens with zero attached hydrogens (tertiary/aromatic N) is 1. The van der Waals surface area contributed by atoms with Crippen LogP contribution in [0, 0.1) is 0 Å². The van der Waals surface area contributed by atoms with Gasteiger partial charge in [-0.25, -0.2) is 4.98 Å². The summed E-state index contributed by atoms with van der Waals surface area (Å²) in [5.74, 6) is 1.33. The topological polar surface area (TPSA) is 42.4 Å². The SMILES string of the molecule is COc1ccc(CC(O)c2ccc(C3CCC3)cc2)cn1. The van der Waals surface area contributed by atoms with E-state index in [0.717, 1.165) is 17.0 Å². The molecule has 3 heteroatoms. The maximum absolute atomic E-state index is 10.3. The number of aliphatic hydroxyl groups is 1. The third-order valence-corrected chi connectivity index (χ3v) is 4.33. The van der Waals surface area contributed by atoms with Gasteiger partial charge in [0.25, 0.3) is 0 Å². The number of hydrogen-bond acceptors (Lipinski definition) is 3. The van der Waals surface area contributed by atoms with Gasteiger partial charge in [-0.2, -0.15) is 0 Å². The molecular formula is C18H21NO2. The fourth-order valence-electron chi connectivity index (χ4n) is 2.73. The van der Waals surface area contributed by atoms with Gasteiger partial charge in [-0.15, -0.1) is 0 Å². The molecule has 3 rings (SSSR count). The summed E-state index contributed by atoms with van der Waals surface area (Å²) in [7, 11) is 1.60. The molecule has 1 aromatic heterocycles. The van der Waals surface area contributed by atoms with Gasteiger partial charge in [0.05, 0.1) is 13.2 Å². The highest BCUT2D eigenvalue weighted by molar-refractivity contribution is 5.29. The molecule has 0 spiro atoms. The van der Waals surface area contributed by atoms with Crippen molar-refractivity contribution in [3.05, 3.63) is 59.3 Å². The summed E-state index contributed by atoms with van der Waals surface area (Å²) in [4.78, 5) is 4.17. The van der Waals surface area contributed by atoms with E-state index in [-0.39, 0.29) is 0 Å². The van der Waals surface area contributed by atoms with Crippen LogP contribution in [0.1, 0.15) is 48.0 Å². The van der Waals surface area contributed by atoms with Crippen molar-refractivity contribution in [3.63, 3.8) is 0 Å². The predicted octanol–water partition coefficient (Wildman–Crippen LogP) is 3.63. The fraction of sp³-hybridized carbons (Fsp3) is 0.389. The Balaban J connectivity index is 1.64. The van der Waals surface area contributed by atoms with Crippen LogP contribution in [0.25, 0.3) is 0 Å². The molecule has 1 aliphatic carbocycles. The Hall–Kier alpha value is -1.87. The highest BCUT2D eigenvalue weighted by Crippen LogP contribution is 2.36. The summed E-state index contributed by atoms with van der Waals surface area (Å²) in [5.41, 5.74) is 3.38. The summed E-state index contributed by atoms with van der Waals surface area (Å²) in [6.07, 6.45) is 5.79. The van der Waals surface area contributed by atoms with E-state index in [0.29, 0.717) is 12.3 Å².